The zero-order chi connectivity index (χ0) is 21.1. The quantitative estimate of drug-likeness (QED) is 0.206. The molecule has 0 spiro atoms. The average molecular weight is 423 g/mol. The fourth-order valence-electron chi connectivity index (χ4n) is 4.13. The molecule has 4 aromatic rings. The summed E-state index contributed by atoms with van der Waals surface area (Å²) in [5.41, 5.74) is 2.18. The van der Waals surface area contributed by atoms with E-state index in [1.165, 1.54) is 49.8 Å². The third-order valence-electron chi connectivity index (χ3n) is 5.82. The fraction of sp³-hybridized carbons (Fsp3) is 0.259. The van der Waals surface area contributed by atoms with E-state index in [1.807, 2.05) is 18.2 Å². The summed E-state index contributed by atoms with van der Waals surface area (Å²) in [6.07, 6.45) is 7.41. The molecule has 3 heteroatoms. The number of rotatable bonds is 7. The van der Waals surface area contributed by atoms with Gasteiger partial charge in [-0.15, -0.1) is 0 Å². The second-order valence-electron chi connectivity index (χ2n) is 7.94. The lowest BCUT2D eigenvalue weighted by Crippen LogP contribution is -1.91. The van der Waals surface area contributed by atoms with E-state index in [4.69, 9.17) is 11.6 Å². The molecule has 0 atom stereocenters. The van der Waals surface area contributed by atoms with Gasteiger partial charge in [0.05, 0.1) is 5.02 Å². The van der Waals surface area contributed by atoms with Crippen molar-refractivity contribution in [1.29, 1.82) is 0 Å². The van der Waals surface area contributed by atoms with Crippen LogP contribution in [-0.4, -0.2) is 0 Å². The van der Waals surface area contributed by atoms with Crippen LogP contribution in [0.15, 0.2) is 60.7 Å². The van der Waals surface area contributed by atoms with E-state index in [-0.39, 0.29) is 10.8 Å². The van der Waals surface area contributed by atoms with Gasteiger partial charge in [0.25, 0.3) is 0 Å². The minimum Gasteiger partial charge on any atom is -0.206 e. The van der Waals surface area contributed by atoms with Crippen molar-refractivity contribution >= 4 is 33.1 Å². The first kappa shape index (κ1) is 20.8. The maximum absolute atomic E-state index is 15.3. The van der Waals surface area contributed by atoms with Crippen molar-refractivity contribution < 1.29 is 8.78 Å². The van der Waals surface area contributed by atoms with Crippen LogP contribution in [0.2, 0.25) is 5.02 Å². The van der Waals surface area contributed by atoms with Crippen molar-refractivity contribution in [3.05, 3.63) is 82.9 Å². The Hall–Kier alpha value is -2.45. The molecule has 154 valence electrons. The number of aryl methyl sites for hydroxylation is 1. The summed E-state index contributed by atoms with van der Waals surface area (Å²) in [7, 11) is 0. The number of halogens is 3. The molecule has 0 aliphatic carbocycles. The predicted octanol–water partition coefficient (Wildman–Crippen LogP) is 9.10. The Morgan fingerprint density at radius 3 is 2.30 bits per heavy atom. The van der Waals surface area contributed by atoms with Crippen molar-refractivity contribution in [2.24, 2.45) is 0 Å². The Labute approximate surface area is 181 Å². The number of fused-ring (bicyclic) bond motifs is 3. The summed E-state index contributed by atoms with van der Waals surface area (Å²) >= 11 is 5.77. The second-order valence-corrected chi connectivity index (χ2v) is 8.34. The van der Waals surface area contributed by atoms with Gasteiger partial charge < -0.3 is 0 Å². The van der Waals surface area contributed by atoms with Crippen LogP contribution in [0.5, 0.6) is 0 Å². The van der Waals surface area contributed by atoms with E-state index >= 15 is 4.39 Å². The molecule has 0 N–H and O–H groups in total. The molecule has 0 heterocycles. The highest BCUT2D eigenvalue weighted by Gasteiger charge is 2.13. The Morgan fingerprint density at radius 1 is 0.733 bits per heavy atom. The van der Waals surface area contributed by atoms with Gasteiger partial charge in [-0.2, -0.15) is 0 Å². The smallest absolute Gasteiger partial charge is 0.142 e. The predicted molar refractivity (Wildman–Crippen MR) is 124 cm³/mol. The first-order valence-corrected chi connectivity index (χ1v) is 11.1. The van der Waals surface area contributed by atoms with Crippen LogP contribution < -0.4 is 0 Å². The maximum atomic E-state index is 15.3. The van der Waals surface area contributed by atoms with E-state index in [0.717, 1.165) is 22.6 Å². The fourth-order valence-corrected chi connectivity index (χ4v) is 4.25. The van der Waals surface area contributed by atoms with Gasteiger partial charge in [0.1, 0.15) is 11.6 Å². The van der Waals surface area contributed by atoms with Gasteiger partial charge in [-0.25, -0.2) is 8.78 Å². The highest BCUT2D eigenvalue weighted by Crippen LogP contribution is 2.34. The second kappa shape index (κ2) is 9.14. The van der Waals surface area contributed by atoms with Crippen molar-refractivity contribution in [3.63, 3.8) is 0 Å². The van der Waals surface area contributed by atoms with E-state index in [9.17, 15) is 4.39 Å². The van der Waals surface area contributed by atoms with Crippen molar-refractivity contribution in [3.8, 4) is 11.1 Å². The lowest BCUT2D eigenvalue weighted by molar-refractivity contribution is 0.627. The van der Waals surface area contributed by atoms with Crippen LogP contribution in [0, 0.1) is 11.6 Å². The lowest BCUT2D eigenvalue weighted by Gasteiger charge is -2.11. The first-order valence-electron chi connectivity index (χ1n) is 10.7. The third kappa shape index (κ3) is 4.20. The van der Waals surface area contributed by atoms with Gasteiger partial charge in [0, 0.05) is 10.9 Å². The highest BCUT2D eigenvalue weighted by molar-refractivity contribution is 6.30. The Morgan fingerprint density at radius 2 is 1.50 bits per heavy atom. The van der Waals surface area contributed by atoms with Gasteiger partial charge in [0.2, 0.25) is 0 Å². The molecule has 0 nitrogen and oxygen atoms in total. The number of hydrogen-bond donors (Lipinski definition) is 0. The molecule has 0 radical (unpaired) electrons. The molecule has 0 fully saturated rings. The van der Waals surface area contributed by atoms with Gasteiger partial charge in [-0.1, -0.05) is 92.7 Å². The average Bonchev–Trinajstić information content (AvgIpc) is 2.75. The Balaban J connectivity index is 1.66. The normalized spacial score (nSPS) is 11.5. The summed E-state index contributed by atoms with van der Waals surface area (Å²) in [6.45, 7) is 2.23. The summed E-state index contributed by atoms with van der Waals surface area (Å²) in [5, 5.41) is 3.61. The third-order valence-corrected chi connectivity index (χ3v) is 6.12. The molecule has 4 rings (SSSR count). The van der Waals surface area contributed by atoms with Crippen LogP contribution >= 0.6 is 11.6 Å². The van der Waals surface area contributed by atoms with Crippen LogP contribution in [0.4, 0.5) is 8.78 Å². The Bertz CT molecular complexity index is 1200. The molecule has 0 aliphatic rings. The standard InChI is InChI=1S/C27H25ClF2/c1-2-3-4-5-6-7-18-8-11-21-19(16-18)9-12-24-23(21)14-13-22(27(24)30)20-10-15-25(28)26(29)17-20/h8-17H,2-7H2,1H3. The van der Waals surface area contributed by atoms with Gasteiger partial charge >= 0.3 is 0 Å². The molecule has 0 saturated carbocycles. The number of unbranched alkanes of at least 4 members (excludes halogenated alkanes) is 4. The molecule has 0 saturated heterocycles. The highest BCUT2D eigenvalue weighted by atomic mass is 35.5. The molecule has 0 aliphatic heterocycles. The van der Waals surface area contributed by atoms with Crippen LogP contribution in [0.3, 0.4) is 0 Å². The minimum atomic E-state index is -0.547. The van der Waals surface area contributed by atoms with Crippen molar-refractivity contribution in [1.82, 2.24) is 0 Å². The first-order chi connectivity index (χ1) is 14.6. The van der Waals surface area contributed by atoms with E-state index in [1.54, 1.807) is 12.1 Å². The van der Waals surface area contributed by atoms with Crippen molar-refractivity contribution in [2.45, 2.75) is 45.4 Å². The monoisotopic (exact) mass is 422 g/mol. The summed E-state index contributed by atoms with van der Waals surface area (Å²) in [4.78, 5) is 0. The molecule has 0 unspecified atom stereocenters. The molecule has 0 bridgehead atoms. The Kier molecular flexibility index (Phi) is 6.34. The molecular weight excluding hydrogens is 398 g/mol. The number of hydrogen-bond acceptors (Lipinski definition) is 0. The van der Waals surface area contributed by atoms with Crippen molar-refractivity contribution in [2.75, 3.05) is 0 Å². The van der Waals surface area contributed by atoms with Crippen LogP contribution in [0.25, 0.3) is 32.7 Å². The van der Waals surface area contributed by atoms with Gasteiger partial charge in [-0.3, -0.25) is 0 Å². The molecule has 0 aromatic heterocycles. The largest absolute Gasteiger partial charge is 0.206 e. The zero-order valence-electron chi connectivity index (χ0n) is 17.2. The lowest BCUT2D eigenvalue weighted by atomic mass is 9.95. The van der Waals surface area contributed by atoms with Gasteiger partial charge in [0.15, 0.2) is 0 Å². The SMILES string of the molecule is CCCCCCCc1ccc2c(ccc3c(F)c(-c4ccc(Cl)c(F)c4)ccc32)c1. The minimum absolute atomic E-state index is 0.0344. The summed E-state index contributed by atoms with van der Waals surface area (Å²) < 4.78 is 29.2. The number of benzene rings is 4. The molecule has 30 heavy (non-hydrogen) atoms. The van der Waals surface area contributed by atoms with E-state index < -0.39 is 5.82 Å². The van der Waals surface area contributed by atoms with Crippen LogP contribution in [-0.2, 0) is 6.42 Å². The summed E-state index contributed by atoms with van der Waals surface area (Å²) in [6, 6.07) is 18.3. The zero-order valence-corrected chi connectivity index (χ0v) is 17.9. The molecular formula is C27H25ClF2. The molecule has 4 aromatic carbocycles. The van der Waals surface area contributed by atoms with E-state index in [2.05, 4.69) is 25.1 Å². The van der Waals surface area contributed by atoms with Crippen LogP contribution in [0.1, 0.15) is 44.6 Å². The van der Waals surface area contributed by atoms with E-state index in [0.29, 0.717) is 16.5 Å². The molecule has 0 amide bonds. The maximum Gasteiger partial charge on any atom is 0.142 e. The van der Waals surface area contributed by atoms with Gasteiger partial charge in [-0.05, 0) is 52.3 Å². The topological polar surface area (TPSA) is 0 Å². The summed E-state index contributed by atoms with van der Waals surface area (Å²) in [5.74, 6) is -0.884.